The number of ether oxygens (including phenoxy) is 1. The van der Waals surface area contributed by atoms with Crippen LogP contribution in [0.15, 0.2) is 48.5 Å². The van der Waals surface area contributed by atoms with Gasteiger partial charge in [0, 0.05) is 12.1 Å². The molecule has 4 nitrogen and oxygen atoms in total. The fraction of sp³-hybridized carbons (Fsp3) is 0.458. The number of benzene rings is 2. The van der Waals surface area contributed by atoms with Gasteiger partial charge in [-0.05, 0) is 66.7 Å². The molecule has 1 amide bonds. The Morgan fingerprint density at radius 2 is 1.64 bits per heavy atom. The van der Waals surface area contributed by atoms with Crippen molar-refractivity contribution in [2.75, 3.05) is 26.7 Å². The summed E-state index contributed by atoms with van der Waals surface area (Å²) in [5.41, 5.74) is 3.25. The minimum absolute atomic E-state index is 0.0156. The normalized spacial score (nSPS) is 16.0. The predicted molar refractivity (Wildman–Crippen MR) is 114 cm³/mol. The van der Waals surface area contributed by atoms with Crippen LogP contribution in [-0.4, -0.2) is 37.6 Å². The van der Waals surface area contributed by atoms with E-state index in [2.05, 4.69) is 55.3 Å². The second kappa shape index (κ2) is 8.78. The lowest BCUT2D eigenvalue weighted by Crippen LogP contribution is -2.36. The van der Waals surface area contributed by atoms with Gasteiger partial charge in [0.25, 0.3) is 5.91 Å². The van der Waals surface area contributed by atoms with Crippen LogP contribution in [0.3, 0.4) is 0 Å². The summed E-state index contributed by atoms with van der Waals surface area (Å²) in [5.74, 6) is 0.838. The first-order valence-corrected chi connectivity index (χ1v) is 10.2. The first-order chi connectivity index (χ1) is 13.4. The van der Waals surface area contributed by atoms with Gasteiger partial charge in [0.1, 0.15) is 5.75 Å². The first kappa shape index (κ1) is 20.4. The third-order valence-electron chi connectivity index (χ3n) is 5.55. The maximum atomic E-state index is 12.7. The fourth-order valence-electron chi connectivity index (χ4n) is 3.75. The molecule has 1 heterocycles. The lowest BCUT2D eigenvalue weighted by atomic mass is 9.87. The van der Waals surface area contributed by atoms with E-state index < -0.39 is 0 Å². The highest BCUT2D eigenvalue weighted by Gasteiger charge is 2.24. The molecule has 1 saturated heterocycles. The summed E-state index contributed by atoms with van der Waals surface area (Å²) in [5, 5.41) is 3.15. The summed E-state index contributed by atoms with van der Waals surface area (Å²) in [6, 6.07) is 16.3. The Bertz CT molecular complexity index is 770. The second-order valence-electron chi connectivity index (χ2n) is 8.57. The van der Waals surface area contributed by atoms with Crippen LogP contribution in [0.2, 0.25) is 0 Å². The Labute approximate surface area is 168 Å². The maximum absolute atomic E-state index is 12.7. The molecule has 1 aliphatic rings. The van der Waals surface area contributed by atoms with E-state index in [-0.39, 0.29) is 17.4 Å². The minimum atomic E-state index is -0.0156. The van der Waals surface area contributed by atoms with Crippen LogP contribution in [0.25, 0.3) is 0 Å². The average molecular weight is 381 g/mol. The number of methoxy groups -OCH3 is 1. The maximum Gasteiger partial charge on any atom is 0.251 e. The molecule has 0 aliphatic carbocycles. The zero-order valence-electron chi connectivity index (χ0n) is 17.5. The van der Waals surface area contributed by atoms with Crippen LogP contribution in [0.4, 0.5) is 0 Å². The molecule has 0 saturated carbocycles. The zero-order valence-corrected chi connectivity index (χ0v) is 17.5. The van der Waals surface area contributed by atoms with E-state index >= 15 is 0 Å². The highest BCUT2D eigenvalue weighted by molar-refractivity contribution is 5.94. The smallest absolute Gasteiger partial charge is 0.251 e. The summed E-state index contributed by atoms with van der Waals surface area (Å²) < 4.78 is 5.28. The third kappa shape index (κ3) is 4.93. The molecule has 0 aromatic heterocycles. The van der Waals surface area contributed by atoms with Gasteiger partial charge in [-0.2, -0.15) is 0 Å². The van der Waals surface area contributed by atoms with Crippen molar-refractivity contribution in [3.05, 3.63) is 65.2 Å². The van der Waals surface area contributed by atoms with E-state index in [0.29, 0.717) is 12.1 Å². The van der Waals surface area contributed by atoms with Gasteiger partial charge in [-0.15, -0.1) is 0 Å². The molecule has 0 radical (unpaired) electrons. The monoisotopic (exact) mass is 380 g/mol. The Hall–Kier alpha value is -2.33. The molecule has 4 heteroatoms. The molecule has 28 heavy (non-hydrogen) atoms. The molecule has 3 rings (SSSR count). The van der Waals surface area contributed by atoms with Crippen molar-refractivity contribution in [2.24, 2.45) is 0 Å². The Morgan fingerprint density at radius 3 is 2.18 bits per heavy atom. The van der Waals surface area contributed by atoms with Gasteiger partial charge in [0.05, 0.1) is 13.2 Å². The van der Waals surface area contributed by atoms with E-state index in [1.807, 2.05) is 24.3 Å². The highest BCUT2D eigenvalue weighted by Crippen LogP contribution is 2.26. The summed E-state index contributed by atoms with van der Waals surface area (Å²) in [6.45, 7) is 9.29. The minimum Gasteiger partial charge on any atom is -0.497 e. The van der Waals surface area contributed by atoms with Crippen molar-refractivity contribution in [1.29, 1.82) is 0 Å². The van der Waals surface area contributed by atoms with Crippen molar-refractivity contribution >= 4 is 5.91 Å². The van der Waals surface area contributed by atoms with Crippen LogP contribution in [0.5, 0.6) is 5.75 Å². The number of hydrogen-bond acceptors (Lipinski definition) is 3. The molecular formula is C24H32N2O2. The molecule has 0 spiro atoms. The second-order valence-corrected chi connectivity index (χ2v) is 8.57. The molecular weight excluding hydrogens is 348 g/mol. The van der Waals surface area contributed by atoms with Crippen molar-refractivity contribution in [3.8, 4) is 5.75 Å². The topological polar surface area (TPSA) is 41.6 Å². The Kier molecular flexibility index (Phi) is 6.40. The standard InChI is InChI=1S/C24H32N2O2/c1-24(2,3)20-11-7-19(8-12-20)23(27)25-17-22(26-15-5-6-16-26)18-9-13-21(28-4)14-10-18/h7-14,22H,5-6,15-17H2,1-4H3,(H,25,27)/t22-/m1/s1. The van der Waals surface area contributed by atoms with Crippen molar-refractivity contribution in [1.82, 2.24) is 10.2 Å². The van der Waals surface area contributed by atoms with Crippen LogP contribution < -0.4 is 10.1 Å². The molecule has 2 aromatic carbocycles. The van der Waals surface area contributed by atoms with Crippen molar-refractivity contribution < 1.29 is 9.53 Å². The van der Waals surface area contributed by atoms with Crippen LogP contribution >= 0.6 is 0 Å². The SMILES string of the molecule is COc1ccc([C@@H](CNC(=O)c2ccc(C(C)(C)C)cc2)N2CCCC2)cc1. The molecule has 150 valence electrons. The summed E-state index contributed by atoms with van der Waals surface area (Å²) >= 11 is 0. The first-order valence-electron chi connectivity index (χ1n) is 10.2. The summed E-state index contributed by atoms with van der Waals surface area (Å²) in [7, 11) is 1.68. The summed E-state index contributed by atoms with van der Waals surface area (Å²) in [4.78, 5) is 15.2. The Balaban J connectivity index is 1.69. The number of nitrogens with zero attached hydrogens (tertiary/aromatic N) is 1. The number of amides is 1. The van der Waals surface area contributed by atoms with E-state index in [9.17, 15) is 4.79 Å². The van der Waals surface area contributed by atoms with Gasteiger partial charge < -0.3 is 10.1 Å². The number of hydrogen-bond donors (Lipinski definition) is 1. The zero-order chi connectivity index (χ0) is 20.1. The fourth-order valence-corrected chi connectivity index (χ4v) is 3.75. The molecule has 1 fully saturated rings. The van der Waals surface area contributed by atoms with E-state index in [1.165, 1.54) is 24.0 Å². The number of rotatable bonds is 6. The number of likely N-dealkylation sites (tertiary alicyclic amines) is 1. The quantitative estimate of drug-likeness (QED) is 0.799. The van der Waals surface area contributed by atoms with Gasteiger partial charge >= 0.3 is 0 Å². The predicted octanol–water partition coefficient (Wildman–Crippen LogP) is 4.56. The number of carbonyl (C=O) groups is 1. The number of carbonyl (C=O) groups excluding carboxylic acids is 1. The van der Waals surface area contributed by atoms with Gasteiger partial charge in [0.2, 0.25) is 0 Å². The van der Waals surface area contributed by atoms with E-state index in [0.717, 1.165) is 18.8 Å². The van der Waals surface area contributed by atoms with Gasteiger partial charge in [-0.1, -0.05) is 45.0 Å². The van der Waals surface area contributed by atoms with Gasteiger partial charge in [0.15, 0.2) is 0 Å². The van der Waals surface area contributed by atoms with E-state index in [1.54, 1.807) is 7.11 Å². The lowest BCUT2D eigenvalue weighted by Gasteiger charge is -2.28. The average Bonchev–Trinajstić information content (AvgIpc) is 3.22. The highest BCUT2D eigenvalue weighted by atomic mass is 16.5. The molecule has 0 bridgehead atoms. The van der Waals surface area contributed by atoms with Crippen molar-refractivity contribution in [2.45, 2.75) is 45.1 Å². The lowest BCUT2D eigenvalue weighted by molar-refractivity contribution is 0.0938. The van der Waals surface area contributed by atoms with Gasteiger partial charge in [-0.3, -0.25) is 9.69 Å². The molecule has 1 aliphatic heterocycles. The Morgan fingerprint density at radius 1 is 1.04 bits per heavy atom. The molecule has 2 aromatic rings. The van der Waals surface area contributed by atoms with Crippen molar-refractivity contribution in [3.63, 3.8) is 0 Å². The van der Waals surface area contributed by atoms with Crippen LogP contribution in [0, 0.1) is 0 Å². The van der Waals surface area contributed by atoms with Gasteiger partial charge in [-0.25, -0.2) is 0 Å². The molecule has 1 N–H and O–H groups in total. The summed E-state index contributed by atoms with van der Waals surface area (Å²) in [6.07, 6.45) is 2.43. The third-order valence-corrected chi connectivity index (χ3v) is 5.55. The van der Waals surface area contributed by atoms with Crippen LogP contribution in [0.1, 0.15) is 61.1 Å². The molecule has 0 unspecified atom stereocenters. The largest absolute Gasteiger partial charge is 0.497 e. The van der Waals surface area contributed by atoms with Crippen LogP contribution in [-0.2, 0) is 5.41 Å². The molecule has 1 atom stereocenters. The number of nitrogens with one attached hydrogen (secondary N) is 1. The van der Waals surface area contributed by atoms with E-state index in [4.69, 9.17) is 4.74 Å².